The van der Waals surface area contributed by atoms with Crippen LogP contribution in [0.1, 0.15) is 9.75 Å². The van der Waals surface area contributed by atoms with E-state index in [1.165, 1.54) is 17.5 Å². The Bertz CT molecular complexity index is 648. The molecule has 0 saturated carbocycles. The zero-order valence-electron chi connectivity index (χ0n) is 9.34. The van der Waals surface area contributed by atoms with Gasteiger partial charge in [0.25, 0.3) is 0 Å². The highest BCUT2D eigenvalue weighted by Gasteiger charge is 2.23. The molecule has 5 nitrogen and oxygen atoms in total. The molecular formula is C10H11N3O2S2. The Morgan fingerprint density at radius 1 is 1.29 bits per heavy atom. The number of thiophene rings is 1. The highest BCUT2D eigenvalue weighted by molar-refractivity contribution is 7.89. The molecule has 0 atom stereocenters. The highest BCUT2D eigenvalue weighted by atomic mass is 32.2. The van der Waals surface area contributed by atoms with E-state index in [2.05, 4.69) is 10.2 Å². The summed E-state index contributed by atoms with van der Waals surface area (Å²) in [5.41, 5.74) is 1.08. The van der Waals surface area contributed by atoms with Gasteiger partial charge in [-0.2, -0.15) is 10.2 Å². The normalized spacial score (nSPS) is 11.7. The molecule has 90 valence electrons. The second kappa shape index (κ2) is 4.17. The van der Waals surface area contributed by atoms with Gasteiger partial charge in [-0.25, -0.2) is 13.6 Å². The van der Waals surface area contributed by atoms with E-state index < -0.39 is 10.0 Å². The number of hydrogen-bond acceptors (Lipinski definition) is 5. The van der Waals surface area contributed by atoms with Gasteiger partial charge in [0.15, 0.2) is 0 Å². The molecule has 2 heterocycles. The number of sulfonamides is 1. The minimum absolute atomic E-state index is 0.153. The van der Waals surface area contributed by atoms with E-state index in [0.717, 1.165) is 4.88 Å². The molecule has 0 saturated heterocycles. The van der Waals surface area contributed by atoms with Crippen molar-refractivity contribution in [1.29, 1.82) is 0 Å². The quantitative estimate of drug-likeness (QED) is 0.894. The lowest BCUT2D eigenvalue weighted by Crippen LogP contribution is -2.13. The van der Waals surface area contributed by atoms with Crippen LogP contribution >= 0.6 is 11.3 Å². The van der Waals surface area contributed by atoms with Gasteiger partial charge in [-0.05, 0) is 26.0 Å². The maximum absolute atomic E-state index is 11.6. The van der Waals surface area contributed by atoms with Crippen LogP contribution < -0.4 is 5.14 Å². The fraction of sp³-hybridized carbons (Fsp3) is 0.200. The van der Waals surface area contributed by atoms with Crippen molar-refractivity contribution in [2.75, 3.05) is 0 Å². The molecule has 2 rings (SSSR count). The molecule has 0 fully saturated rings. The average Bonchev–Trinajstić information content (AvgIpc) is 2.54. The van der Waals surface area contributed by atoms with Crippen LogP contribution in [0.25, 0.3) is 11.3 Å². The van der Waals surface area contributed by atoms with E-state index in [1.54, 1.807) is 19.1 Å². The molecule has 2 aromatic rings. The van der Waals surface area contributed by atoms with Crippen molar-refractivity contribution in [3.05, 3.63) is 28.1 Å². The van der Waals surface area contributed by atoms with Crippen LogP contribution in [-0.4, -0.2) is 18.6 Å². The predicted octanol–water partition coefficient (Wildman–Crippen LogP) is 1.47. The minimum atomic E-state index is -3.75. The Balaban J connectivity index is 2.79. The van der Waals surface area contributed by atoms with Gasteiger partial charge in [0.1, 0.15) is 4.90 Å². The summed E-state index contributed by atoms with van der Waals surface area (Å²) in [5.74, 6) is 0. The molecule has 0 amide bonds. The summed E-state index contributed by atoms with van der Waals surface area (Å²) in [6.45, 7) is 3.58. The first kappa shape index (κ1) is 12.2. The molecule has 0 radical (unpaired) electrons. The first-order chi connectivity index (χ1) is 7.91. The van der Waals surface area contributed by atoms with Gasteiger partial charge in [-0.15, -0.1) is 11.3 Å². The molecule has 0 aliphatic heterocycles. The van der Waals surface area contributed by atoms with E-state index in [9.17, 15) is 8.42 Å². The van der Waals surface area contributed by atoms with Crippen LogP contribution in [0.3, 0.4) is 0 Å². The molecule has 0 aliphatic carbocycles. The SMILES string of the molecule is Cc1sc(C)c(S(N)(=O)=O)c1-c1cccnn1. The minimum Gasteiger partial charge on any atom is -0.225 e. The first-order valence-electron chi connectivity index (χ1n) is 4.82. The van der Waals surface area contributed by atoms with E-state index in [1.807, 2.05) is 6.92 Å². The Morgan fingerprint density at radius 3 is 2.53 bits per heavy atom. The molecule has 0 aliphatic rings. The van der Waals surface area contributed by atoms with Crippen LogP contribution in [0.5, 0.6) is 0 Å². The molecule has 7 heteroatoms. The monoisotopic (exact) mass is 269 g/mol. The van der Waals surface area contributed by atoms with Gasteiger partial charge in [0.2, 0.25) is 10.0 Å². The van der Waals surface area contributed by atoms with E-state index in [4.69, 9.17) is 5.14 Å². The lowest BCUT2D eigenvalue weighted by atomic mass is 10.2. The highest BCUT2D eigenvalue weighted by Crippen LogP contribution is 2.36. The third kappa shape index (κ3) is 2.21. The number of nitrogens with two attached hydrogens (primary N) is 1. The number of rotatable bonds is 2. The number of hydrogen-bond donors (Lipinski definition) is 1. The standard InChI is InChI=1S/C10H11N3O2S2/c1-6-9(8-4-3-5-12-13-8)10(7(2)16-6)17(11,14)15/h3-5H,1-2H3,(H2,11,14,15). The van der Waals surface area contributed by atoms with Crippen molar-refractivity contribution >= 4 is 21.4 Å². The number of aromatic nitrogens is 2. The lowest BCUT2D eigenvalue weighted by Gasteiger charge is -2.03. The Morgan fingerprint density at radius 2 is 2.00 bits per heavy atom. The van der Waals surface area contributed by atoms with E-state index in [0.29, 0.717) is 16.1 Å². The summed E-state index contributed by atoms with van der Waals surface area (Å²) in [7, 11) is -3.75. The average molecular weight is 269 g/mol. The van der Waals surface area contributed by atoms with E-state index in [-0.39, 0.29) is 4.90 Å². The number of primary sulfonamides is 1. The zero-order valence-corrected chi connectivity index (χ0v) is 11.0. The molecule has 0 spiro atoms. The van der Waals surface area contributed by atoms with Crippen LogP contribution in [0, 0.1) is 13.8 Å². The molecular weight excluding hydrogens is 258 g/mol. The number of aryl methyl sites for hydroxylation is 2. The molecule has 0 aromatic carbocycles. The third-order valence-corrected chi connectivity index (χ3v) is 4.55. The topological polar surface area (TPSA) is 85.9 Å². The van der Waals surface area contributed by atoms with Gasteiger partial charge >= 0.3 is 0 Å². The summed E-state index contributed by atoms with van der Waals surface area (Å²) in [6, 6.07) is 3.43. The second-order valence-electron chi connectivity index (χ2n) is 3.57. The van der Waals surface area contributed by atoms with Crippen LogP contribution in [-0.2, 0) is 10.0 Å². The molecule has 2 aromatic heterocycles. The van der Waals surface area contributed by atoms with Crippen LogP contribution in [0.15, 0.2) is 23.2 Å². The van der Waals surface area contributed by atoms with Gasteiger partial charge in [-0.3, -0.25) is 0 Å². The van der Waals surface area contributed by atoms with Crippen molar-refractivity contribution in [2.45, 2.75) is 18.7 Å². The fourth-order valence-electron chi connectivity index (χ4n) is 1.74. The maximum Gasteiger partial charge on any atom is 0.239 e. The Labute approximate surface area is 103 Å². The Hall–Kier alpha value is -1.31. The van der Waals surface area contributed by atoms with Crippen LogP contribution in [0.2, 0.25) is 0 Å². The lowest BCUT2D eigenvalue weighted by molar-refractivity contribution is 0.598. The molecule has 2 N–H and O–H groups in total. The van der Waals surface area contributed by atoms with Crippen molar-refractivity contribution in [1.82, 2.24) is 10.2 Å². The predicted molar refractivity (Wildman–Crippen MR) is 66.2 cm³/mol. The second-order valence-corrected chi connectivity index (χ2v) is 6.50. The van der Waals surface area contributed by atoms with E-state index >= 15 is 0 Å². The summed E-state index contributed by atoms with van der Waals surface area (Å²) in [5, 5.41) is 12.9. The van der Waals surface area contributed by atoms with Crippen molar-refractivity contribution in [3.8, 4) is 11.3 Å². The maximum atomic E-state index is 11.6. The molecule has 17 heavy (non-hydrogen) atoms. The summed E-state index contributed by atoms with van der Waals surface area (Å²) < 4.78 is 23.2. The van der Waals surface area contributed by atoms with Crippen molar-refractivity contribution < 1.29 is 8.42 Å². The van der Waals surface area contributed by atoms with Crippen molar-refractivity contribution in [3.63, 3.8) is 0 Å². The number of nitrogens with zero attached hydrogens (tertiary/aromatic N) is 2. The summed E-state index contributed by atoms with van der Waals surface area (Å²) >= 11 is 1.39. The largest absolute Gasteiger partial charge is 0.239 e. The smallest absolute Gasteiger partial charge is 0.225 e. The summed E-state index contributed by atoms with van der Waals surface area (Å²) in [6.07, 6.45) is 1.54. The van der Waals surface area contributed by atoms with Gasteiger partial charge in [-0.1, -0.05) is 0 Å². The third-order valence-electron chi connectivity index (χ3n) is 2.32. The fourth-order valence-corrected chi connectivity index (χ4v) is 4.18. The molecule has 0 bridgehead atoms. The first-order valence-corrected chi connectivity index (χ1v) is 7.18. The van der Waals surface area contributed by atoms with Gasteiger partial charge in [0.05, 0.1) is 5.69 Å². The molecule has 0 unspecified atom stereocenters. The summed E-state index contributed by atoms with van der Waals surface area (Å²) in [4.78, 5) is 1.69. The van der Waals surface area contributed by atoms with Gasteiger partial charge in [0, 0.05) is 21.5 Å². The Kier molecular flexibility index (Phi) is 2.98. The van der Waals surface area contributed by atoms with Crippen LogP contribution in [0.4, 0.5) is 0 Å². The van der Waals surface area contributed by atoms with Gasteiger partial charge < -0.3 is 0 Å². The van der Waals surface area contributed by atoms with Crippen molar-refractivity contribution in [2.24, 2.45) is 5.14 Å². The zero-order chi connectivity index (χ0) is 12.6.